The minimum atomic E-state index is -1.26. The first-order chi connectivity index (χ1) is 5.91. The van der Waals surface area contributed by atoms with Crippen LogP contribution in [0.4, 0.5) is 0 Å². The third kappa shape index (κ3) is 9.65. The first-order valence-corrected chi connectivity index (χ1v) is 3.29. The molecule has 0 saturated carbocycles. The van der Waals surface area contributed by atoms with Crippen LogP contribution in [0.1, 0.15) is 0 Å². The van der Waals surface area contributed by atoms with Crippen molar-refractivity contribution in [3.05, 3.63) is 0 Å². The molecule has 8 heteroatoms. The Morgan fingerprint density at radius 2 is 1.00 bits per heavy atom. The Kier molecular flexibility index (Phi) is 9.06. The van der Waals surface area contributed by atoms with Crippen LogP contribution in [-0.2, 0) is 14.4 Å². The Morgan fingerprint density at radius 3 is 1.14 bits per heavy atom. The molecule has 0 amide bonds. The van der Waals surface area contributed by atoms with E-state index in [0.29, 0.717) is 0 Å². The fraction of sp³-hybridized carbons (Fsp3) is 0.500. The molecule has 0 bridgehead atoms. The van der Waals surface area contributed by atoms with Crippen molar-refractivity contribution in [2.75, 3.05) is 19.6 Å². The quantitative estimate of drug-likeness (QED) is 0.545. The van der Waals surface area contributed by atoms with E-state index in [4.69, 9.17) is 15.3 Å². The Labute approximate surface area is 107 Å². The van der Waals surface area contributed by atoms with Gasteiger partial charge in [0.2, 0.25) is 0 Å². The molecule has 0 heterocycles. The zero-order valence-electron chi connectivity index (χ0n) is 7.21. The molecule has 0 aromatic heterocycles. The second-order valence-corrected chi connectivity index (χ2v) is 2.33. The maximum atomic E-state index is 10.1. The Bertz CT molecular complexity index is 192. The van der Waals surface area contributed by atoms with E-state index in [1.165, 1.54) is 0 Å². The summed E-state index contributed by atoms with van der Waals surface area (Å²) in [5, 5.41) is 24.8. The van der Waals surface area contributed by atoms with Gasteiger partial charge in [-0.15, -0.1) is 0 Å². The molecule has 0 saturated heterocycles. The molecule has 3 N–H and O–H groups in total. The molecule has 14 heavy (non-hydrogen) atoms. The predicted octanol–water partition coefficient (Wildman–Crippen LogP) is -1.46. The molecule has 0 aromatic carbocycles. The fourth-order valence-corrected chi connectivity index (χ4v) is 0.742. The van der Waals surface area contributed by atoms with Gasteiger partial charge in [-0.2, -0.15) is 0 Å². The number of hydrogen-bond acceptors (Lipinski definition) is 4. The minimum Gasteiger partial charge on any atom is -0.480 e. The first kappa shape index (κ1) is 16.0. The van der Waals surface area contributed by atoms with Crippen molar-refractivity contribution in [3.63, 3.8) is 0 Å². The van der Waals surface area contributed by atoms with Crippen LogP contribution in [0, 0.1) is 35.6 Å². The molecule has 0 rings (SSSR count). The summed E-state index contributed by atoms with van der Waals surface area (Å²) in [5.41, 5.74) is 0. The normalized spacial score (nSPS) is 9.21. The van der Waals surface area contributed by atoms with Crippen LogP contribution in [0.2, 0.25) is 0 Å². The molecule has 0 aliphatic carbocycles. The van der Waals surface area contributed by atoms with Crippen molar-refractivity contribution in [2.45, 2.75) is 0 Å². The van der Waals surface area contributed by atoms with Gasteiger partial charge in [0.15, 0.2) is 0 Å². The van der Waals surface area contributed by atoms with Gasteiger partial charge in [-0.05, 0) is 0 Å². The van der Waals surface area contributed by atoms with Crippen molar-refractivity contribution in [2.24, 2.45) is 0 Å². The van der Waals surface area contributed by atoms with E-state index in [1.807, 2.05) is 0 Å². The molecule has 0 fully saturated rings. The topological polar surface area (TPSA) is 115 Å². The Balaban J connectivity index is 0. The molecule has 0 aromatic rings. The van der Waals surface area contributed by atoms with E-state index >= 15 is 0 Å². The van der Waals surface area contributed by atoms with Crippen LogP contribution >= 0.6 is 0 Å². The van der Waals surface area contributed by atoms with Crippen LogP contribution in [0.25, 0.3) is 0 Å². The van der Waals surface area contributed by atoms with Crippen molar-refractivity contribution in [3.8, 4) is 0 Å². The third-order valence-electron chi connectivity index (χ3n) is 1.08. The Morgan fingerprint density at radius 1 is 0.786 bits per heavy atom. The Hall–Kier alpha value is -0.435. The van der Waals surface area contributed by atoms with Gasteiger partial charge in [-0.1, -0.05) is 0 Å². The monoisotopic (exact) mass is 330 g/mol. The molecule has 0 aliphatic rings. The maximum absolute atomic E-state index is 10.1. The minimum absolute atomic E-state index is 0. The fourth-order valence-electron chi connectivity index (χ4n) is 0.742. The number of rotatable bonds is 6. The number of carboxylic acid groups (broad SMARTS) is 3. The second kappa shape index (κ2) is 7.92. The van der Waals surface area contributed by atoms with Crippen molar-refractivity contribution in [1.29, 1.82) is 0 Å². The van der Waals surface area contributed by atoms with Crippen LogP contribution in [0.3, 0.4) is 0 Å². The summed E-state index contributed by atoms with van der Waals surface area (Å²) in [7, 11) is 0. The van der Waals surface area contributed by atoms with Gasteiger partial charge in [0.1, 0.15) is 0 Å². The number of carbonyl (C=O) groups is 3. The molecular weight excluding hydrogens is 321 g/mol. The molecular formula is C6H9LaNO6. The van der Waals surface area contributed by atoms with Gasteiger partial charge in [-0.3, -0.25) is 19.3 Å². The SMILES string of the molecule is O=C(O)CN(CC(=O)O)CC(=O)O.[La]. The van der Waals surface area contributed by atoms with E-state index < -0.39 is 37.5 Å². The molecule has 0 aliphatic heterocycles. The van der Waals surface area contributed by atoms with Crippen LogP contribution < -0.4 is 0 Å². The van der Waals surface area contributed by atoms with Gasteiger partial charge in [0.25, 0.3) is 0 Å². The smallest absolute Gasteiger partial charge is 0.317 e. The first-order valence-electron chi connectivity index (χ1n) is 3.29. The zero-order chi connectivity index (χ0) is 10.4. The van der Waals surface area contributed by atoms with Crippen LogP contribution in [0.15, 0.2) is 0 Å². The number of aliphatic carboxylic acids is 3. The molecule has 0 atom stereocenters. The zero-order valence-corrected chi connectivity index (χ0v) is 10.8. The summed E-state index contributed by atoms with van der Waals surface area (Å²) >= 11 is 0. The van der Waals surface area contributed by atoms with E-state index in [2.05, 4.69) is 0 Å². The summed E-state index contributed by atoms with van der Waals surface area (Å²) < 4.78 is 0. The van der Waals surface area contributed by atoms with Crippen molar-refractivity contribution >= 4 is 17.9 Å². The van der Waals surface area contributed by atoms with E-state index in [1.54, 1.807) is 0 Å². The number of nitrogens with zero attached hydrogens (tertiary/aromatic N) is 1. The largest absolute Gasteiger partial charge is 0.480 e. The van der Waals surface area contributed by atoms with Gasteiger partial charge in [-0.25, -0.2) is 0 Å². The standard InChI is InChI=1S/C6H9NO6.La/c8-4(9)1-7(2-5(10)11)3-6(12)13;/h1-3H2,(H,8,9)(H,10,11)(H,12,13);. The number of hydrogen-bond donors (Lipinski definition) is 3. The third-order valence-corrected chi connectivity index (χ3v) is 1.08. The van der Waals surface area contributed by atoms with Gasteiger partial charge < -0.3 is 15.3 Å². The number of carboxylic acids is 3. The molecule has 7 nitrogen and oxygen atoms in total. The van der Waals surface area contributed by atoms with Crippen molar-refractivity contribution in [1.82, 2.24) is 4.90 Å². The van der Waals surface area contributed by atoms with E-state index in [-0.39, 0.29) is 35.6 Å². The summed E-state index contributed by atoms with van der Waals surface area (Å²) in [5.74, 6) is -3.78. The van der Waals surface area contributed by atoms with Crippen molar-refractivity contribution < 1.29 is 65.3 Å². The van der Waals surface area contributed by atoms with E-state index in [0.717, 1.165) is 4.90 Å². The van der Waals surface area contributed by atoms with Crippen LogP contribution in [0.5, 0.6) is 0 Å². The molecule has 77 valence electrons. The van der Waals surface area contributed by atoms with Crippen LogP contribution in [-0.4, -0.2) is 57.8 Å². The van der Waals surface area contributed by atoms with Gasteiger partial charge in [0.05, 0.1) is 19.6 Å². The van der Waals surface area contributed by atoms with Gasteiger partial charge in [0, 0.05) is 35.6 Å². The predicted molar refractivity (Wildman–Crippen MR) is 39.3 cm³/mol. The van der Waals surface area contributed by atoms with E-state index in [9.17, 15) is 14.4 Å². The average Bonchev–Trinajstić information content (AvgIpc) is 1.80. The summed E-state index contributed by atoms with van der Waals surface area (Å²) in [6.45, 7) is -1.80. The second-order valence-electron chi connectivity index (χ2n) is 2.33. The summed E-state index contributed by atoms with van der Waals surface area (Å²) in [6.07, 6.45) is 0. The summed E-state index contributed by atoms with van der Waals surface area (Å²) in [6, 6.07) is 0. The average molecular weight is 330 g/mol. The molecule has 1 radical (unpaired) electrons. The summed E-state index contributed by atoms with van der Waals surface area (Å²) in [4.78, 5) is 31.2. The van der Waals surface area contributed by atoms with Gasteiger partial charge >= 0.3 is 17.9 Å². The molecule has 0 unspecified atom stereocenters. The molecule has 0 spiro atoms. The maximum Gasteiger partial charge on any atom is 0.317 e.